The molecular formula is C84H92N8O15. The SMILES string of the molecule is COc1cc2c(cc1OCCCOc1cc3c(cc1C)C(=O)N1CC4(CC4)C[C@H]1C(O)N3C(=O)OCc1ccc(CC(=O)C(CCCNC(N)=O)NC(=O)[C@@H](CC(=O)CNC(=O)CCC(=O)CCC(=O)N3Cc4ccccc4C#Cc4ccccc43)C(C)C)cc1)CC[C@@H]1CC(c3ccc(C)cc3)=CN1C2=O. The van der Waals surface area contributed by atoms with Crippen molar-refractivity contribution in [2.75, 3.05) is 49.8 Å². The van der Waals surface area contributed by atoms with Gasteiger partial charge < -0.3 is 60.4 Å². The Morgan fingerprint density at radius 3 is 2.18 bits per heavy atom. The van der Waals surface area contributed by atoms with Crippen LogP contribution in [0.5, 0.6) is 17.2 Å². The molecule has 1 spiro atoms. The van der Waals surface area contributed by atoms with E-state index in [-0.39, 0.29) is 142 Å². The number of primary amides is 1. The van der Waals surface area contributed by atoms with Crippen LogP contribution in [0.25, 0.3) is 5.57 Å². The lowest BCUT2D eigenvalue weighted by atomic mass is 9.89. The van der Waals surface area contributed by atoms with Crippen molar-refractivity contribution in [3.8, 4) is 29.1 Å². The molecule has 107 heavy (non-hydrogen) atoms. The fraction of sp³-hybridized carbons (Fsp3) is 0.405. The van der Waals surface area contributed by atoms with Crippen LogP contribution < -0.4 is 45.7 Å². The van der Waals surface area contributed by atoms with E-state index in [1.54, 1.807) is 73.2 Å². The zero-order valence-corrected chi connectivity index (χ0v) is 61.2. The second-order valence-corrected chi connectivity index (χ2v) is 29.3. The molecule has 0 bridgehead atoms. The first-order chi connectivity index (χ1) is 51.5. The number of aryl methyl sites for hydroxylation is 3. The minimum Gasteiger partial charge on any atom is -0.493 e. The van der Waals surface area contributed by atoms with Gasteiger partial charge in [0.2, 0.25) is 17.7 Å². The minimum absolute atomic E-state index is 0.0394. The normalized spacial score (nSPS) is 17.6. The zero-order valence-electron chi connectivity index (χ0n) is 61.2. The highest BCUT2D eigenvalue weighted by Crippen LogP contribution is 2.57. The number of aliphatic hydroxyl groups is 1. The van der Waals surface area contributed by atoms with Crippen LogP contribution >= 0.6 is 0 Å². The maximum Gasteiger partial charge on any atom is 0.416 e. The number of ether oxygens (including phenoxy) is 4. The van der Waals surface area contributed by atoms with E-state index in [1.165, 1.54) is 5.56 Å². The van der Waals surface area contributed by atoms with Crippen molar-refractivity contribution in [2.24, 2.45) is 23.0 Å². The number of rotatable bonds is 30. The van der Waals surface area contributed by atoms with Gasteiger partial charge in [-0.3, -0.25) is 38.4 Å². The summed E-state index contributed by atoms with van der Waals surface area (Å²) < 4.78 is 24.4. The van der Waals surface area contributed by atoms with Gasteiger partial charge in [-0.25, -0.2) is 14.5 Å². The second kappa shape index (κ2) is 33.5. The number of hydrogen-bond donors (Lipinski definition) is 5. The van der Waals surface area contributed by atoms with E-state index in [0.717, 1.165) is 58.4 Å². The molecule has 5 atom stereocenters. The molecule has 5 aliphatic heterocycles. The number of amides is 8. The lowest BCUT2D eigenvalue weighted by Crippen LogP contribution is -2.50. The Morgan fingerprint density at radius 2 is 1.44 bits per heavy atom. The van der Waals surface area contributed by atoms with Gasteiger partial charge in [0, 0.05) is 99.0 Å². The van der Waals surface area contributed by atoms with E-state index < -0.39 is 60.5 Å². The zero-order chi connectivity index (χ0) is 75.6. The van der Waals surface area contributed by atoms with Crippen molar-refractivity contribution < 1.29 is 72.0 Å². The third-order valence-electron chi connectivity index (χ3n) is 21.3. The molecule has 558 valence electrons. The fourth-order valence-electron chi connectivity index (χ4n) is 14.9. The Balaban J connectivity index is 0.629. The minimum atomic E-state index is -1.46. The Morgan fingerprint density at radius 1 is 0.729 bits per heavy atom. The van der Waals surface area contributed by atoms with Crippen LogP contribution in [0.3, 0.4) is 0 Å². The van der Waals surface area contributed by atoms with Crippen LogP contribution in [0.2, 0.25) is 0 Å². The number of hydrogen-bond acceptors (Lipinski definition) is 15. The first-order valence-corrected chi connectivity index (χ1v) is 36.9. The number of para-hydroxylation sites is 1. The number of benzene rings is 6. The number of anilines is 2. The molecule has 23 heteroatoms. The van der Waals surface area contributed by atoms with Crippen molar-refractivity contribution in [1.29, 1.82) is 0 Å². The lowest BCUT2D eigenvalue weighted by molar-refractivity contribution is -0.133. The summed E-state index contributed by atoms with van der Waals surface area (Å²) in [6.45, 7) is 8.00. The number of Topliss-reactive ketones (excluding diaryl/α,β-unsaturated/α-hetero) is 3. The number of aliphatic hydroxyl groups excluding tert-OH is 1. The molecule has 2 unspecified atom stereocenters. The highest BCUT2D eigenvalue weighted by molar-refractivity contribution is 6.06. The predicted molar refractivity (Wildman–Crippen MR) is 400 cm³/mol. The molecule has 5 heterocycles. The molecule has 23 nitrogen and oxygen atoms in total. The van der Waals surface area contributed by atoms with Crippen LogP contribution in [-0.4, -0.2) is 138 Å². The van der Waals surface area contributed by atoms with E-state index in [9.17, 15) is 53.1 Å². The van der Waals surface area contributed by atoms with Gasteiger partial charge in [0.1, 0.15) is 18.1 Å². The molecular weight excluding hydrogens is 1360 g/mol. The van der Waals surface area contributed by atoms with Gasteiger partial charge in [0.05, 0.1) is 62.4 Å². The number of urea groups is 1. The van der Waals surface area contributed by atoms with Crippen LogP contribution in [0.1, 0.15) is 168 Å². The van der Waals surface area contributed by atoms with Crippen LogP contribution in [-0.2, 0) is 59.5 Å². The van der Waals surface area contributed by atoms with E-state index in [4.69, 9.17) is 24.7 Å². The predicted octanol–water partition coefficient (Wildman–Crippen LogP) is 10.3. The molecule has 1 saturated carbocycles. The Kier molecular flexibility index (Phi) is 23.7. The van der Waals surface area contributed by atoms with Gasteiger partial charge >= 0.3 is 12.1 Å². The maximum atomic E-state index is 14.6. The average Bonchev–Trinajstić information content (AvgIpc) is 1.57. The summed E-state index contributed by atoms with van der Waals surface area (Å²) in [5, 5.41) is 20.2. The van der Waals surface area contributed by atoms with Crippen molar-refractivity contribution in [1.82, 2.24) is 25.8 Å². The molecule has 12 rings (SSSR count). The van der Waals surface area contributed by atoms with Gasteiger partial charge in [0.25, 0.3) is 11.8 Å². The van der Waals surface area contributed by atoms with Gasteiger partial charge in [-0.2, -0.15) is 0 Å². The first kappa shape index (κ1) is 75.6. The van der Waals surface area contributed by atoms with Gasteiger partial charge in [-0.1, -0.05) is 110 Å². The summed E-state index contributed by atoms with van der Waals surface area (Å²) in [4.78, 5) is 142. The number of carbonyl (C=O) groups is 10. The average molecular weight is 1450 g/mol. The number of methoxy groups -OCH3 is 1. The van der Waals surface area contributed by atoms with Crippen molar-refractivity contribution in [2.45, 2.75) is 162 Å². The number of nitrogens with one attached hydrogen (secondary N) is 3. The summed E-state index contributed by atoms with van der Waals surface area (Å²) in [6, 6.07) is 34.5. The van der Waals surface area contributed by atoms with E-state index in [1.807, 2.05) is 72.6 Å². The number of nitrogens with two attached hydrogens (primary N) is 1. The maximum absolute atomic E-state index is 14.6. The van der Waals surface area contributed by atoms with Crippen LogP contribution in [0, 0.1) is 42.9 Å². The summed E-state index contributed by atoms with van der Waals surface area (Å²) in [5.74, 6) is 3.53. The second-order valence-electron chi connectivity index (χ2n) is 29.3. The molecule has 0 radical (unpaired) electrons. The lowest BCUT2D eigenvalue weighted by Gasteiger charge is -2.31. The summed E-state index contributed by atoms with van der Waals surface area (Å²) in [5.41, 5.74) is 15.2. The highest BCUT2D eigenvalue weighted by Gasteiger charge is 2.58. The van der Waals surface area contributed by atoms with Gasteiger partial charge in [-0.05, 0) is 152 Å². The van der Waals surface area contributed by atoms with Crippen molar-refractivity contribution >= 4 is 76.0 Å². The van der Waals surface area contributed by atoms with Crippen molar-refractivity contribution in [3.05, 3.63) is 189 Å². The number of fused-ring (bicyclic) bond motifs is 6. The third-order valence-corrected chi connectivity index (χ3v) is 21.3. The number of carbonyl (C=O) groups excluding carboxylic acids is 10. The third kappa shape index (κ3) is 18.1. The van der Waals surface area contributed by atoms with Crippen LogP contribution in [0.4, 0.5) is 21.0 Å². The van der Waals surface area contributed by atoms with Crippen molar-refractivity contribution in [3.63, 3.8) is 0 Å². The number of nitrogens with zero attached hydrogens (tertiary/aromatic N) is 4. The molecule has 0 aromatic heterocycles. The number of ketones is 3. The summed E-state index contributed by atoms with van der Waals surface area (Å²) in [6.07, 6.45) is 4.05. The molecule has 1 saturated heterocycles. The standard InChI is InChI=1S/C84H92N8O15/c1-51(2)65(42-64(94)46-87-76(96)31-29-63(93)30-32-77(97)90-47-60-14-7-6-12-56(60)25-26-58-13-8-9-16-69(58)90)78(98)88-68(15-10-35-86-82(85)102)72(95)39-54-19-21-55(22-20-54)49-107-83(103)92-70-44-73(53(4)38-67(70)80(100)91-50-84(33-34-84)45-71(91)81(92)101)105-36-11-37-106-75-41-59-27-28-62-40-61(57-23-17-52(3)18-24-57)48-89(62)79(99)66(59)43-74(75)104-5/h6-9,12-14,16-24,38,41,43-44,48,51,62,65,68,71,81,101H,10-11,15,27-37,39-40,42,45-47,49-50H2,1-5H3,(H,87,96)(H,88,98)(H3,85,86,102)/t62-,65+,68?,71+,81?/m1/s1. The smallest absolute Gasteiger partial charge is 0.416 e. The molecule has 2 fully saturated rings. The van der Waals surface area contributed by atoms with Gasteiger partial charge in [-0.15, -0.1) is 0 Å². The largest absolute Gasteiger partial charge is 0.493 e. The summed E-state index contributed by atoms with van der Waals surface area (Å²) >= 11 is 0. The molecule has 6 aromatic rings. The quantitative estimate of drug-likeness (QED) is 0.0207. The molecule has 1 aliphatic carbocycles. The first-order valence-electron chi connectivity index (χ1n) is 36.9. The van der Waals surface area contributed by atoms with E-state index >= 15 is 0 Å². The molecule has 6 aromatic carbocycles. The Labute approximate surface area is 622 Å². The topological polar surface area (TPSA) is 303 Å². The van der Waals surface area contributed by atoms with E-state index in [2.05, 4.69) is 59.0 Å². The summed E-state index contributed by atoms with van der Waals surface area (Å²) in [7, 11) is 1.54. The van der Waals surface area contributed by atoms with Crippen LogP contribution in [0.15, 0.2) is 128 Å². The monoisotopic (exact) mass is 1450 g/mol. The van der Waals surface area contributed by atoms with Gasteiger partial charge in [0.15, 0.2) is 29.3 Å². The van der Waals surface area contributed by atoms with E-state index in [0.29, 0.717) is 76.6 Å². The Bertz CT molecular complexity index is 4530. The fourth-order valence-corrected chi connectivity index (χ4v) is 14.9. The molecule has 6 aliphatic rings. The highest BCUT2D eigenvalue weighted by atomic mass is 16.6. The Hall–Kier alpha value is -11.1. The molecule has 6 N–H and O–H groups in total. The molecule has 8 amide bonds.